The van der Waals surface area contributed by atoms with Gasteiger partial charge in [-0.2, -0.15) is 0 Å². The predicted octanol–water partition coefficient (Wildman–Crippen LogP) is 1.86. The van der Waals surface area contributed by atoms with Gasteiger partial charge >= 0.3 is 0 Å². The lowest BCUT2D eigenvalue weighted by atomic mass is 9.83. The summed E-state index contributed by atoms with van der Waals surface area (Å²) >= 11 is 0. The summed E-state index contributed by atoms with van der Waals surface area (Å²) in [5, 5.41) is 3.11. The van der Waals surface area contributed by atoms with Gasteiger partial charge in [-0.05, 0) is 44.1 Å². The minimum absolute atomic E-state index is 0.134. The Morgan fingerprint density at radius 2 is 1.69 bits per heavy atom. The molecule has 1 atom stereocenters. The molecule has 2 saturated heterocycles. The minimum atomic E-state index is -1.11. The van der Waals surface area contributed by atoms with Crippen molar-refractivity contribution >= 4 is 17.7 Å². The Morgan fingerprint density at radius 1 is 1.03 bits per heavy atom. The lowest BCUT2D eigenvalue weighted by molar-refractivity contribution is -0.142. The molecule has 2 aliphatic heterocycles. The van der Waals surface area contributed by atoms with Crippen LogP contribution in [0.25, 0.3) is 0 Å². The Hall–Kier alpha value is -2.45. The SMILES string of the molecule is NC(=O)C1(C(=O)NC(CCC(=O)N2CCN(C3CCOCC3)CC2)Cc2ccccc2)CCCC1. The summed E-state index contributed by atoms with van der Waals surface area (Å²) in [5.74, 6) is -0.681. The van der Waals surface area contributed by atoms with Crippen LogP contribution in [0.2, 0.25) is 0 Å². The summed E-state index contributed by atoms with van der Waals surface area (Å²) in [6, 6.07) is 10.3. The maximum atomic E-state index is 13.2. The summed E-state index contributed by atoms with van der Waals surface area (Å²) < 4.78 is 5.48. The maximum absolute atomic E-state index is 13.2. The topological polar surface area (TPSA) is 105 Å². The lowest BCUT2D eigenvalue weighted by Gasteiger charge is -2.40. The van der Waals surface area contributed by atoms with Gasteiger partial charge in [-0.25, -0.2) is 0 Å². The van der Waals surface area contributed by atoms with Crippen LogP contribution in [0.15, 0.2) is 30.3 Å². The summed E-state index contributed by atoms with van der Waals surface area (Å²) in [6.45, 7) is 4.96. The van der Waals surface area contributed by atoms with E-state index in [1.165, 1.54) is 0 Å². The van der Waals surface area contributed by atoms with Gasteiger partial charge in [0.15, 0.2) is 0 Å². The molecule has 8 nitrogen and oxygen atoms in total. The summed E-state index contributed by atoms with van der Waals surface area (Å²) in [4.78, 5) is 42.9. The molecule has 2 heterocycles. The average Bonchev–Trinajstić information content (AvgIpc) is 3.40. The number of piperazine rings is 1. The zero-order valence-corrected chi connectivity index (χ0v) is 20.8. The van der Waals surface area contributed by atoms with Crippen molar-refractivity contribution in [2.24, 2.45) is 11.1 Å². The number of primary amides is 1. The fraction of sp³-hybridized carbons (Fsp3) is 0.667. The number of ether oxygens (including phenoxy) is 1. The van der Waals surface area contributed by atoms with Crippen LogP contribution in [-0.4, -0.2) is 79.0 Å². The summed E-state index contributed by atoms with van der Waals surface area (Å²) in [5.41, 5.74) is 5.66. The lowest BCUT2D eigenvalue weighted by Crippen LogP contribution is -2.53. The van der Waals surface area contributed by atoms with Gasteiger partial charge in [0.2, 0.25) is 17.7 Å². The van der Waals surface area contributed by atoms with Gasteiger partial charge in [-0.3, -0.25) is 19.3 Å². The molecular formula is C27H40N4O4. The fourth-order valence-corrected chi connectivity index (χ4v) is 5.85. The smallest absolute Gasteiger partial charge is 0.235 e. The van der Waals surface area contributed by atoms with Crippen LogP contribution in [0.4, 0.5) is 0 Å². The second-order valence-corrected chi connectivity index (χ2v) is 10.3. The van der Waals surface area contributed by atoms with Crippen LogP contribution < -0.4 is 11.1 Å². The summed E-state index contributed by atoms with van der Waals surface area (Å²) in [6.07, 6.45) is 6.34. The van der Waals surface area contributed by atoms with Gasteiger partial charge in [-0.1, -0.05) is 43.2 Å². The van der Waals surface area contributed by atoms with Crippen molar-refractivity contribution in [2.45, 2.75) is 69.9 Å². The van der Waals surface area contributed by atoms with Crippen LogP contribution in [-0.2, 0) is 25.5 Å². The molecule has 1 unspecified atom stereocenters. The third kappa shape index (κ3) is 6.41. The molecule has 8 heteroatoms. The van der Waals surface area contributed by atoms with Crippen molar-refractivity contribution < 1.29 is 19.1 Å². The predicted molar refractivity (Wildman–Crippen MR) is 133 cm³/mol. The first kappa shape index (κ1) is 25.6. The van der Waals surface area contributed by atoms with E-state index < -0.39 is 11.3 Å². The van der Waals surface area contributed by atoms with Crippen molar-refractivity contribution in [1.82, 2.24) is 15.1 Å². The quantitative estimate of drug-likeness (QED) is 0.521. The van der Waals surface area contributed by atoms with Crippen molar-refractivity contribution in [2.75, 3.05) is 39.4 Å². The molecule has 1 aromatic carbocycles. The van der Waals surface area contributed by atoms with Gasteiger partial charge in [0.25, 0.3) is 0 Å². The molecule has 3 amide bonds. The zero-order valence-electron chi connectivity index (χ0n) is 20.8. The van der Waals surface area contributed by atoms with Crippen LogP contribution in [0.1, 0.15) is 56.9 Å². The molecular weight excluding hydrogens is 444 g/mol. The van der Waals surface area contributed by atoms with Gasteiger partial charge in [0.05, 0.1) is 0 Å². The van der Waals surface area contributed by atoms with Gasteiger partial charge < -0.3 is 20.7 Å². The maximum Gasteiger partial charge on any atom is 0.235 e. The van der Waals surface area contributed by atoms with E-state index in [9.17, 15) is 14.4 Å². The third-order valence-corrected chi connectivity index (χ3v) is 8.10. The first-order valence-corrected chi connectivity index (χ1v) is 13.2. The Morgan fingerprint density at radius 3 is 2.31 bits per heavy atom. The molecule has 1 aromatic rings. The van der Waals surface area contributed by atoms with E-state index in [1.54, 1.807) is 0 Å². The number of hydrogen-bond acceptors (Lipinski definition) is 5. The van der Waals surface area contributed by atoms with Crippen LogP contribution in [0.5, 0.6) is 0 Å². The van der Waals surface area contributed by atoms with Gasteiger partial charge in [0.1, 0.15) is 5.41 Å². The second-order valence-electron chi connectivity index (χ2n) is 10.3. The highest BCUT2D eigenvalue weighted by Gasteiger charge is 2.47. The summed E-state index contributed by atoms with van der Waals surface area (Å²) in [7, 11) is 0. The standard InChI is InChI=1S/C27H40N4O4/c28-25(33)27(12-4-5-13-27)26(34)29-22(20-21-6-2-1-3-7-21)8-9-24(32)31-16-14-30(15-17-31)23-10-18-35-19-11-23/h1-3,6-7,22-23H,4-5,8-20H2,(H2,28,33)(H,29,34). The molecule has 1 saturated carbocycles. The Labute approximate surface area is 208 Å². The number of benzene rings is 1. The number of amides is 3. The molecule has 1 aliphatic carbocycles. The number of rotatable bonds is 9. The van der Waals surface area contributed by atoms with Crippen molar-refractivity contribution in [3.63, 3.8) is 0 Å². The highest BCUT2D eigenvalue weighted by Crippen LogP contribution is 2.38. The number of nitrogens with one attached hydrogen (secondary N) is 1. The molecule has 0 spiro atoms. The Balaban J connectivity index is 1.33. The van der Waals surface area contributed by atoms with Crippen LogP contribution in [0, 0.1) is 5.41 Å². The monoisotopic (exact) mass is 484 g/mol. The largest absolute Gasteiger partial charge is 0.381 e. The van der Waals surface area contributed by atoms with E-state index in [4.69, 9.17) is 10.5 Å². The molecule has 4 rings (SSSR count). The average molecular weight is 485 g/mol. The number of hydrogen-bond donors (Lipinski definition) is 2. The molecule has 192 valence electrons. The first-order chi connectivity index (χ1) is 17.0. The van der Waals surface area contributed by atoms with Gasteiger partial charge in [0, 0.05) is 57.9 Å². The molecule has 0 aromatic heterocycles. The number of nitrogens with two attached hydrogens (primary N) is 1. The zero-order chi connectivity index (χ0) is 24.7. The van der Waals surface area contributed by atoms with E-state index >= 15 is 0 Å². The van der Waals surface area contributed by atoms with Gasteiger partial charge in [-0.15, -0.1) is 0 Å². The highest BCUT2D eigenvalue weighted by atomic mass is 16.5. The fourth-order valence-electron chi connectivity index (χ4n) is 5.85. The number of nitrogens with zero attached hydrogens (tertiary/aromatic N) is 2. The molecule has 0 bridgehead atoms. The molecule has 0 radical (unpaired) electrons. The van der Waals surface area contributed by atoms with E-state index in [0.29, 0.717) is 38.1 Å². The molecule has 3 fully saturated rings. The Bertz CT molecular complexity index is 857. The van der Waals surface area contributed by atoms with E-state index in [2.05, 4.69) is 10.2 Å². The highest BCUT2D eigenvalue weighted by molar-refractivity contribution is 6.04. The normalized spacial score (nSPS) is 22.0. The van der Waals surface area contributed by atoms with E-state index in [-0.39, 0.29) is 17.9 Å². The van der Waals surface area contributed by atoms with Crippen molar-refractivity contribution in [3.05, 3.63) is 35.9 Å². The van der Waals surface area contributed by atoms with Crippen molar-refractivity contribution in [1.29, 1.82) is 0 Å². The van der Waals surface area contributed by atoms with E-state index in [1.807, 2.05) is 35.2 Å². The number of carbonyl (C=O) groups is 3. The first-order valence-electron chi connectivity index (χ1n) is 13.2. The molecule has 3 N–H and O–H groups in total. The second kappa shape index (κ2) is 12.0. The van der Waals surface area contributed by atoms with Crippen molar-refractivity contribution in [3.8, 4) is 0 Å². The Kier molecular flexibility index (Phi) is 8.78. The third-order valence-electron chi connectivity index (χ3n) is 8.10. The molecule has 3 aliphatic rings. The minimum Gasteiger partial charge on any atom is -0.381 e. The number of carbonyl (C=O) groups excluding carboxylic acids is 3. The van der Waals surface area contributed by atoms with Crippen LogP contribution in [0.3, 0.4) is 0 Å². The van der Waals surface area contributed by atoms with Crippen LogP contribution >= 0.6 is 0 Å². The van der Waals surface area contributed by atoms with E-state index in [0.717, 1.165) is 70.6 Å². The molecule has 35 heavy (non-hydrogen) atoms.